The molecule has 1 unspecified atom stereocenters. The van der Waals surface area contributed by atoms with Crippen molar-refractivity contribution >= 4 is 37.5 Å². The number of amides is 1. The second-order valence-corrected chi connectivity index (χ2v) is 9.36. The molecule has 26 heavy (non-hydrogen) atoms. The van der Waals surface area contributed by atoms with Gasteiger partial charge in [0.25, 0.3) is 5.91 Å². The number of fused-ring (bicyclic) bond motifs is 1. The maximum Gasteiger partial charge on any atom is 0.252 e. The summed E-state index contributed by atoms with van der Waals surface area (Å²) in [5.41, 5.74) is 1.01. The van der Waals surface area contributed by atoms with Crippen LogP contribution in [0.15, 0.2) is 23.2 Å². The van der Waals surface area contributed by atoms with Crippen LogP contribution in [0.3, 0.4) is 0 Å². The number of aromatic nitrogens is 1. The molecule has 0 aliphatic carbocycles. The number of hydrogen-bond donors (Lipinski definition) is 0. The minimum atomic E-state index is -3.28. The molecule has 9 heteroatoms. The summed E-state index contributed by atoms with van der Waals surface area (Å²) in [5.74, 6) is 0.124. The number of methoxy groups -OCH3 is 1. The highest BCUT2D eigenvalue weighted by Crippen LogP contribution is 2.24. The van der Waals surface area contributed by atoms with E-state index in [0.29, 0.717) is 30.7 Å². The maximum atomic E-state index is 12.7. The van der Waals surface area contributed by atoms with Gasteiger partial charge in [-0.25, -0.2) is 12.7 Å². The molecule has 1 aliphatic rings. The number of piperidine rings is 1. The van der Waals surface area contributed by atoms with Gasteiger partial charge in [0.05, 0.1) is 29.5 Å². The predicted octanol–water partition coefficient (Wildman–Crippen LogP) is 1.83. The van der Waals surface area contributed by atoms with Crippen molar-refractivity contribution in [2.75, 3.05) is 26.5 Å². The third-order valence-electron chi connectivity index (χ3n) is 4.61. The summed E-state index contributed by atoms with van der Waals surface area (Å²) >= 11 is 1.44. The van der Waals surface area contributed by atoms with Gasteiger partial charge >= 0.3 is 0 Å². The number of sulfonamides is 1. The number of nitrogens with zero attached hydrogens (tertiary/aromatic N) is 3. The van der Waals surface area contributed by atoms with Crippen LogP contribution < -0.4 is 9.54 Å². The van der Waals surface area contributed by atoms with Crippen molar-refractivity contribution in [2.24, 2.45) is 10.9 Å². The molecule has 7 nitrogen and oxygen atoms in total. The van der Waals surface area contributed by atoms with E-state index < -0.39 is 10.0 Å². The van der Waals surface area contributed by atoms with E-state index in [1.165, 1.54) is 21.9 Å². The lowest BCUT2D eigenvalue weighted by molar-refractivity contribution is -0.122. The number of aryl methyl sites for hydroxylation is 1. The first-order valence-corrected chi connectivity index (χ1v) is 11.2. The summed E-state index contributed by atoms with van der Waals surface area (Å²) in [6, 6.07) is 5.78. The first kappa shape index (κ1) is 19.1. The highest BCUT2D eigenvalue weighted by molar-refractivity contribution is 7.88. The average Bonchev–Trinajstić information content (AvgIpc) is 2.96. The molecule has 1 aromatic heterocycles. The summed E-state index contributed by atoms with van der Waals surface area (Å²) in [4.78, 5) is 17.7. The zero-order valence-corrected chi connectivity index (χ0v) is 16.8. The molecule has 1 saturated heterocycles. The van der Waals surface area contributed by atoms with Gasteiger partial charge in [-0.3, -0.25) is 4.79 Å². The van der Waals surface area contributed by atoms with E-state index in [1.54, 1.807) is 7.11 Å². The molecule has 0 spiro atoms. The van der Waals surface area contributed by atoms with Gasteiger partial charge in [-0.05, 0) is 38.0 Å². The Morgan fingerprint density at radius 3 is 2.85 bits per heavy atom. The number of ether oxygens (including phenoxy) is 1. The molecule has 0 radical (unpaired) electrons. The summed E-state index contributed by atoms with van der Waals surface area (Å²) in [6.07, 6.45) is 2.52. The monoisotopic (exact) mass is 397 g/mol. The number of thiazole rings is 1. The van der Waals surface area contributed by atoms with Crippen LogP contribution in [0.25, 0.3) is 10.2 Å². The molecule has 0 saturated carbocycles. The third-order valence-corrected chi connectivity index (χ3v) is 6.93. The van der Waals surface area contributed by atoms with Gasteiger partial charge in [0.1, 0.15) is 5.75 Å². The van der Waals surface area contributed by atoms with Gasteiger partial charge in [0.2, 0.25) is 10.0 Å². The molecule has 1 fully saturated rings. The van der Waals surface area contributed by atoms with Gasteiger partial charge in [0, 0.05) is 19.6 Å². The van der Waals surface area contributed by atoms with Crippen molar-refractivity contribution in [3.05, 3.63) is 23.0 Å². The Bertz CT molecular complexity index is 991. The zero-order chi connectivity index (χ0) is 18.9. The standard InChI is InChI=1S/C17H23N3O4S2/c1-4-20-14-8-7-13(24-2)10-15(14)25-17(20)18-16(21)12-6-5-9-19(11-12)26(3,22)23/h7-8,10,12H,4-6,9,11H2,1-3H3. The molecule has 142 valence electrons. The number of carbonyl (C=O) groups is 1. The Morgan fingerprint density at radius 1 is 1.42 bits per heavy atom. The number of rotatable bonds is 4. The Balaban J connectivity index is 1.94. The van der Waals surface area contributed by atoms with E-state index in [2.05, 4.69) is 4.99 Å². The molecule has 1 atom stereocenters. The van der Waals surface area contributed by atoms with Crippen molar-refractivity contribution in [3.63, 3.8) is 0 Å². The van der Waals surface area contributed by atoms with Crippen LogP contribution in [-0.4, -0.2) is 49.7 Å². The smallest absolute Gasteiger partial charge is 0.252 e. The number of carbonyl (C=O) groups excluding carboxylic acids is 1. The topological polar surface area (TPSA) is 81.0 Å². The van der Waals surface area contributed by atoms with Crippen LogP contribution in [-0.2, 0) is 21.4 Å². The van der Waals surface area contributed by atoms with Gasteiger partial charge in [-0.15, -0.1) is 0 Å². The Morgan fingerprint density at radius 2 is 2.19 bits per heavy atom. The van der Waals surface area contributed by atoms with Crippen LogP contribution in [0.1, 0.15) is 19.8 Å². The van der Waals surface area contributed by atoms with E-state index >= 15 is 0 Å². The molecule has 0 bridgehead atoms. The van der Waals surface area contributed by atoms with Crippen LogP contribution in [0.5, 0.6) is 5.75 Å². The van der Waals surface area contributed by atoms with E-state index in [1.807, 2.05) is 29.7 Å². The largest absolute Gasteiger partial charge is 0.497 e. The lowest BCUT2D eigenvalue weighted by Crippen LogP contribution is -2.41. The minimum absolute atomic E-state index is 0.214. The molecule has 3 rings (SSSR count). The van der Waals surface area contributed by atoms with Gasteiger partial charge in [-0.1, -0.05) is 11.3 Å². The third kappa shape index (κ3) is 3.84. The van der Waals surface area contributed by atoms with Crippen molar-refractivity contribution in [1.29, 1.82) is 0 Å². The first-order valence-electron chi connectivity index (χ1n) is 8.54. The maximum absolute atomic E-state index is 12.7. The lowest BCUT2D eigenvalue weighted by atomic mass is 9.99. The fourth-order valence-electron chi connectivity index (χ4n) is 3.20. The molecule has 1 aliphatic heterocycles. The molecule has 2 heterocycles. The minimum Gasteiger partial charge on any atom is -0.497 e. The van der Waals surface area contributed by atoms with Crippen LogP contribution in [0.4, 0.5) is 0 Å². The Labute approximate surface area is 157 Å². The van der Waals surface area contributed by atoms with Gasteiger partial charge in [0.15, 0.2) is 4.80 Å². The SMILES string of the molecule is CCn1c(=NC(=O)C2CCCN(S(C)(=O)=O)C2)sc2cc(OC)ccc21. The Kier molecular flexibility index (Phi) is 5.50. The van der Waals surface area contributed by atoms with Gasteiger partial charge < -0.3 is 9.30 Å². The van der Waals surface area contributed by atoms with Gasteiger partial charge in [-0.2, -0.15) is 4.99 Å². The van der Waals surface area contributed by atoms with E-state index in [0.717, 1.165) is 16.0 Å². The highest BCUT2D eigenvalue weighted by atomic mass is 32.2. The second kappa shape index (κ2) is 7.50. The van der Waals surface area contributed by atoms with Crippen molar-refractivity contribution in [1.82, 2.24) is 8.87 Å². The molecule has 2 aromatic rings. The van der Waals surface area contributed by atoms with E-state index in [4.69, 9.17) is 4.74 Å². The van der Waals surface area contributed by atoms with Crippen LogP contribution >= 0.6 is 11.3 Å². The molecular weight excluding hydrogens is 374 g/mol. The van der Waals surface area contributed by atoms with Crippen molar-refractivity contribution < 1.29 is 17.9 Å². The van der Waals surface area contributed by atoms with E-state index in [9.17, 15) is 13.2 Å². The van der Waals surface area contributed by atoms with E-state index in [-0.39, 0.29) is 18.4 Å². The summed E-state index contributed by atoms with van der Waals surface area (Å²) in [6.45, 7) is 3.39. The molecular formula is C17H23N3O4S2. The summed E-state index contributed by atoms with van der Waals surface area (Å²) < 4.78 is 33.2. The first-order chi connectivity index (χ1) is 12.3. The normalized spacial score (nSPS) is 19.8. The Hall–Kier alpha value is -1.71. The number of benzene rings is 1. The van der Waals surface area contributed by atoms with Crippen molar-refractivity contribution in [2.45, 2.75) is 26.3 Å². The average molecular weight is 398 g/mol. The fraction of sp³-hybridized carbons (Fsp3) is 0.529. The highest BCUT2D eigenvalue weighted by Gasteiger charge is 2.30. The van der Waals surface area contributed by atoms with Crippen LogP contribution in [0, 0.1) is 5.92 Å². The van der Waals surface area contributed by atoms with Crippen LogP contribution in [0.2, 0.25) is 0 Å². The quantitative estimate of drug-likeness (QED) is 0.788. The second-order valence-electron chi connectivity index (χ2n) is 6.37. The molecule has 0 N–H and O–H groups in total. The molecule has 1 aromatic carbocycles. The number of hydrogen-bond acceptors (Lipinski definition) is 5. The lowest BCUT2D eigenvalue weighted by Gasteiger charge is -2.28. The molecule has 1 amide bonds. The van der Waals surface area contributed by atoms with Crippen molar-refractivity contribution in [3.8, 4) is 5.75 Å². The summed E-state index contributed by atoms with van der Waals surface area (Å²) in [7, 11) is -1.66. The summed E-state index contributed by atoms with van der Waals surface area (Å²) in [5, 5.41) is 0. The zero-order valence-electron chi connectivity index (χ0n) is 15.1. The fourth-order valence-corrected chi connectivity index (χ4v) is 5.24. The predicted molar refractivity (Wildman–Crippen MR) is 102 cm³/mol.